The third-order valence-corrected chi connectivity index (χ3v) is 6.11. The Morgan fingerprint density at radius 2 is 1.19 bits per heavy atom. The molecule has 0 aliphatic carbocycles. The Labute approximate surface area is 191 Å². The minimum absolute atomic E-state index is 0.107. The minimum Gasteiger partial charge on any atom is -0.222 e. The molecule has 0 unspecified atom stereocenters. The summed E-state index contributed by atoms with van der Waals surface area (Å²) < 4.78 is 2.43. The molecule has 0 bridgehead atoms. The normalized spacial score (nSPS) is 15.3. The van der Waals surface area contributed by atoms with Gasteiger partial charge in [0.1, 0.15) is 17.1 Å². The molecule has 2 nitrogen and oxygen atoms in total. The predicted octanol–water partition coefficient (Wildman–Crippen LogP) is 7.53. The Hall–Kier alpha value is -3.65. The van der Waals surface area contributed by atoms with Crippen LogP contribution in [0.15, 0.2) is 91.0 Å². The third kappa shape index (κ3) is 3.73. The molecule has 1 atom stereocenters. The van der Waals surface area contributed by atoms with Crippen LogP contribution in [0, 0.1) is 27.7 Å². The van der Waals surface area contributed by atoms with Gasteiger partial charge in [-0.25, -0.2) is 4.58 Å². The molecule has 1 aliphatic rings. The van der Waals surface area contributed by atoms with Gasteiger partial charge < -0.3 is 0 Å². The van der Waals surface area contributed by atoms with E-state index >= 15 is 0 Å². The van der Waals surface area contributed by atoms with Gasteiger partial charge in [-0.2, -0.15) is 4.90 Å². The fraction of sp³-hybridized carbons (Fsp3) is 0.167. The lowest BCUT2D eigenvalue weighted by Crippen LogP contribution is -2.32. The Morgan fingerprint density at radius 3 is 1.84 bits per heavy atom. The van der Waals surface area contributed by atoms with Gasteiger partial charge in [0.15, 0.2) is 6.04 Å². The summed E-state index contributed by atoms with van der Waals surface area (Å²) in [7, 11) is 0. The van der Waals surface area contributed by atoms with Crippen LogP contribution in [0.5, 0.6) is 0 Å². The molecule has 0 aromatic heterocycles. The van der Waals surface area contributed by atoms with Crippen molar-refractivity contribution in [3.05, 3.63) is 124 Å². The van der Waals surface area contributed by atoms with Gasteiger partial charge in [0.05, 0.1) is 0 Å². The van der Waals surface area contributed by atoms with Crippen molar-refractivity contribution < 1.29 is 4.58 Å². The molecule has 1 aliphatic heterocycles. The van der Waals surface area contributed by atoms with Crippen molar-refractivity contribution in [3.63, 3.8) is 0 Å². The first-order chi connectivity index (χ1) is 15.5. The number of hydrogen-bond acceptors (Lipinski definition) is 1. The molecule has 0 saturated carbocycles. The van der Waals surface area contributed by atoms with E-state index in [-0.39, 0.29) is 6.04 Å². The fourth-order valence-corrected chi connectivity index (χ4v) is 4.93. The van der Waals surface area contributed by atoms with E-state index in [4.69, 9.17) is 0 Å². The molecule has 0 fully saturated rings. The number of rotatable bonds is 3. The zero-order chi connectivity index (χ0) is 22.2. The van der Waals surface area contributed by atoms with E-state index < -0.39 is 0 Å². The number of aryl methyl sites for hydroxylation is 4. The van der Waals surface area contributed by atoms with Crippen LogP contribution in [-0.4, -0.2) is 10.9 Å². The van der Waals surface area contributed by atoms with E-state index in [0.29, 0.717) is 0 Å². The van der Waals surface area contributed by atoms with Crippen LogP contribution in [0.4, 0.5) is 17.1 Å². The number of benzene rings is 4. The molecule has 4 aromatic rings. The summed E-state index contributed by atoms with van der Waals surface area (Å²) in [5.41, 5.74) is 11.3. The quantitative estimate of drug-likeness (QED) is 0.312. The van der Waals surface area contributed by atoms with Gasteiger partial charge in [-0.1, -0.05) is 60.7 Å². The number of para-hydroxylation sites is 1. The van der Waals surface area contributed by atoms with Crippen molar-refractivity contribution in [2.24, 2.45) is 0 Å². The molecule has 158 valence electrons. The highest BCUT2D eigenvalue weighted by atomic mass is 15.2. The van der Waals surface area contributed by atoms with Crippen molar-refractivity contribution in [1.82, 2.24) is 0 Å². The van der Waals surface area contributed by atoms with Gasteiger partial charge in [-0.3, -0.25) is 0 Å². The van der Waals surface area contributed by atoms with E-state index in [1.807, 2.05) is 0 Å². The summed E-state index contributed by atoms with van der Waals surface area (Å²) in [5, 5.41) is 0. The second-order valence-corrected chi connectivity index (χ2v) is 8.96. The molecule has 0 spiro atoms. The standard InChI is InChI=1S/C30H29N2/c1-21-14-22(2)17-26(16-21)31-20-32(27-18-23(3)15-24(4)19-27)30(25-10-6-5-7-11-25)28-12-8-9-13-29(28)31/h5-20,30H,1-4H3/q+1/t30-/m1/s1. The minimum atomic E-state index is 0.107. The average molecular weight is 418 g/mol. The van der Waals surface area contributed by atoms with Gasteiger partial charge >= 0.3 is 0 Å². The number of anilines is 2. The number of fused-ring (bicyclic) bond motifs is 1. The number of nitrogens with zero attached hydrogens (tertiary/aromatic N) is 2. The van der Waals surface area contributed by atoms with Crippen LogP contribution in [0.3, 0.4) is 0 Å². The second-order valence-electron chi connectivity index (χ2n) is 8.96. The summed E-state index contributed by atoms with van der Waals surface area (Å²) in [6, 6.07) is 33.3. The lowest BCUT2D eigenvalue weighted by molar-refractivity contribution is -0.477. The van der Waals surface area contributed by atoms with E-state index in [2.05, 4.69) is 135 Å². The van der Waals surface area contributed by atoms with Gasteiger partial charge in [-0.05, 0) is 80.3 Å². The van der Waals surface area contributed by atoms with Crippen molar-refractivity contribution in [1.29, 1.82) is 0 Å². The average Bonchev–Trinajstić information content (AvgIpc) is 2.77. The topological polar surface area (TPSA) is 6.25 Å². The first-order valence-corrected chi connectivity index (χ1v) is 11.2. The maximum Gasteiger partial charge on any atom is 0.250 e. The van der Waals surface area contributed by atoms with E-state index in [0.717, 1.165) is 0 Å². The lowest BCUT2D eigenvalue weighted by atomic mass is 9.93. The molecular formula is C30H29N2+. The Balaban J connectivity index is 1.79. The zero-order valence-electron chi connectivity index (χ0n) is 19.2. The van der Waals surface area contributed by atoms with Crippen LogP contribution in [0.25, 0.3) is 0 Å². The zero-order valence-corrected chi connectivity index (χ0v) is 19.2. The van der Waals surface area contributed by atoms with Crippen LogP contribution in [-0.2, 0) is 0 Å². The smallest absolute Gasteiger partial charge is 0.222 e. The molecular weight excluding hydrogens is 388 g/mol. The first kappa shape index (κ1) is 20.3. The van der Waals surface area contributed by atoms with Crippen LogP contribution in [0.1, 0.15) is 39.4 Å². The van der Waals surface area contributed by atoms with Gasteiger partial charge in [-0.15, -0.1) is 0 Å². The maximum atomic E-state index is 2.43. The van der Waals surface area contributed by atoms with Gasteiger partial charge in [0, 0.05) is 11.1 Å². The lowest BCUT2D eigenvalue weighted by Gasteiger charge is -2.30. The molecule has 32 heavy (non-hydrogen) atoms. The highest BCUT2D eigenvalue weighted by molar-refractivity contribution is 5.91. The molecule has 1 heterocycles. The van der Waals surface area contributed by atoms with Crippen LogP contribution >= 0.6 is 0 Å². The maximum absolute atomic E-state index is 2.43. The summed E-state index contributed by atoms with van der Waals surface area (Å²) in [5.74, 6) is 0. The van der Waals surface area contributed by atoms with Crippen LogP contribution < -0.4 is 4.90 Å². The van der Waals surface area contributed by atoms with E-state index in [1.165, 1.54) is 50.4 Å². The summed E-state index contributed by atoms with van der Waals surface area (Å²) in [4.78, 5) is 2.34. The van der Waals surface area contributed by atoms with E-state index in [1.54, 1.807) is 0 Å². The molecule has 2 heteroatoms. The third-order valence-electron chi connectivity index (χ3n) is 6.11. The Morgan fingerprint density at radius 1 is 0.625 bits per heavy atom. The summed E-state index contributed by atoms with van der Waals surface area (Å²) in [6.45, 7) is 8.68. The van der Waals surface area contributed by atoms with Crippen molar-refractivity contribution in [2.75, 3.05) is 4.90 Å². The van der Waals surface area contributed by atoms with Crippen molar-refractivity contribution in [2.45, 2.75) is 33.7 Å². The Bertz CT molecular complexity index is 1280. The first-order valence-electron chi connectivity index (χ1n) is 11.2. The van der Waals surface area contributed by atoms with Crippen molar-refractivity contribution in [3.8, 4) is 0 Å². The molecule has 0 radical (unpaired) electrons. The fourth-order valence-electron chi connectivity index (χ4n) is 4.93. The van der Waals surface area contributed by atoms with E-state index in [9.17, 15) is 0 Å². The Kier molecular flexibility index (Phi) is 5.14. The molecule has 0 amide bonds. The molecule has 0 N–H and O–H groups in total. The second kappa shape index (κ2) is 8.12. The summed E-state index contributed by atoms with van der Waals surface area (Å²) in [6.07, 6.45) is 2.28. The summed E-state index contributed by atoms with van der Waals surface area (Å²) >= 11 is 0. The molecule has 4 aromatic carbocycles. The SMILES string of the molecule is Cc1cc(C)cc(N2C=[N+](c3cc(C)cc(C)c3)[C@H](c3ccccc3)c3ccccc32)c1. The molecule has 0 saturated heterocycles. The number of hydrogen-bond donors (Lipinski definition) is 0. The van der Waals surface area contributed by atoms with Crippen LogP contribution in [0.2, 0.25) is 0 Å². The predicted molar refractivity (Wildman–Crippen MR) is 135 cm³/mol. The van der Waals surface area contributed by atoms with Gasteiger partial charge in [0.2, 0.25) is 0 Å². The molecule has 5 rings (SSSR count). The highest BCUT2D eigenvalue weighted by Crippen LogP contribution is 2.42. The monoisotopic (exact) mass is 417 g/mol. The largest absolute Gasteiger partial charge is 0.250 e. The van der Waals surface area contributed by atoms with Gasteiger partial charge in [0.25, 0.3) is 6.34 Å². The highest BCUT2D eigenvalue weighted by Gasteiger charge is 2.35. The van der Waals surface area contributed by atoms with Crippen molar-refractivity contribution >= 4 is 23.4 Å².